The summed E-state index contributed by atoms with van der Waals surface area (Å²) in [4.78, 5) is 24.4. The first-order valence-corrected chi connectivity index (χ1v) is 7.03. The van der Waals surface area contributed by atoms with E-state index in [4.69, 9.17) is 4.74 Å². The average Bonchev–Trinajstić information content (AvgIpc) is 2.47. The number of methoxy groups -OCH3 is 1. The number of phenolic OH excluding ortho intramolecular Hbond substituents is 1. The molecule has 2 aromatic carbocycles. The summed E-state index contributed by atoms with van der Waals surface area (Å²) >= 11 is 0.991. The van der Waals surface area contributed by atoms with Crippen molar-refractivity contribution in [2.24, 2.45) is 0 Å². The Labute approximate surface area is 126 Å². The van der Waals surface area contributed by atoms with Gasteiger partial charge in [-0.05, 0) is 30.3 Å². The van der Waals surface area contributed by atoms with Gasteiger partial charge in [0, 0.05) is 17.4 Å². The molecule has 0 saturated carbocycles. The number of ketones is 1. The normalized spacial score (nSPS) is 10.2. The number of aromatic hydroxyl groups is 1. The molecule has 0 unspecified atom stereocenters. The number of benzene rings is 2. The first-order valence-electron chi connectivity index (χ1n) is 6.22. The van der Waals surface area contributed by atoms with Gasteiger partial charge in [0.2, 0.25) is 0 Å². The summed E-state index contributed by atoms with van der Waals surface area (Å²) in [5, 5.41) is 9.78. The Bertz CT molecular complexity index is 694. The van der Waals surface area contributed by atoms with Crippen LogP contribution in [0.3, 0.4) is 0 Å². The molecule has 0 aliphatic heterocycles. The average molecular weight is 302 g/mol. The van der Waals surface area contributed by atoms with Crippen LogP contribution in [0.1, 0.15) is 22.8 Å². The Kier molecular flexibility index (Phi) is 4.65. The minimum absolute atomic E-state index is 0.106. The molecule has 5 heteroatoms. The van der Waals surface area contributed by atoms with Crippen LogP contribution in [-0.2, 0) is 4.79 Å². The molecule has 4 nitrogen and oxygen atoms in total. The Balaban J connectivity index is 2.47. The fourth-order valence-corrected chi connectivity index (χ4v) is 2.59. The first kappa shape index (κ1) is 15.1. The van der Waals surface area contributed by atoms with Crippen molar-refractivity contribution in [3.63, 3.8) is 0 Å². The maximum atomic E-state index is 12.6. The van der Waals surface area contributed by atoms with Crippen molar-refractivity contribution >= 4 is 22.7 Å². The van der Waals surface area contributed by atoms with Gasteiger partial charge in [0.1, 0.15) is 11.5 Å². The Morgan fingerprint density at radius 2 is 1.81 bits per heavy atom. The Morgan fingerprint density at radius 1 is 1.10 bits per heavy atom. The molecule has 0 aromatic heterocycles. The number of hydrogen-bond acceptors (Lipinski definition) is 5. The minimum Gasteiger partial charge on any atom is -0.507 e. The summed E-state index contributed by atoms with van der Waals surface area (Å²) in [6.45, 7) is 1.44. The van der Waals surface area contributed by atoms with E-state index in [-0.39, 0.29) is 22.2 Å². The summed E-state index contributed by atoms with van der Waals surface area (Å²) < 4.78 is 5.07. The highest BCUT2D eigenvalue weighted by Crippen LogP contribution is 2.30. The molecular weight excluding hydrogens is 288 g/mol. The molecule has 0 atom stereocenters. The lowest BCUT2D eigenvalue weighted by molar-refractivity contribution is -0.109. The number of hydrogen-bond donors (Lipinski definition) is 1. The van der Waals surface area contributed by atoms with Gasteiger partial charge in [-0.15, -0.1) is 0 Å². The molecule has 0 spiro atoms. The van der Waals surface area contributed by atoms with Gasteiger partial charge in [-0.1, -0.05) is 23.9 Å². The molecule has 2 rings (SSSR count). The van der Waals surface area contributed by atoms with E-state index in [0.29, 0.717) is 16.2 Å². The van der Waals surface area contributed by atoms with E-state index in [1.807, 2.05) is 0 Å². The van der Waals surface area contributed by atoms with Crippen LogP contribution >= 0.6 is 11.8 Å². The molecule has 0 fully saturated rings. The van der Waals surface area contributed by atoms with Gasteiger partial charge in [0.25, 0.3) is 0 Å². The molecule has 108 valence electrons. The number of phenols is 1. The quantitative estimate of drug-likeness (QED) is 0.693. The molecule has 0 heterocycles. The van der Waals surface area contributed by atoms with E-state index in [2.05, 4.69) is 0 Å². The zero-order chi connectivity index (χ0) is 15.4. The van der Waals surface area contributed by atoms with Gasteiger partial charge in [-0.3, -0.25) is 9.59 Å². The smallest absolute Gasteiger partial charge is 0.198 e. The van der Waals surface area contributed by atoms with E-state index in [1.165, 1.54) is 26.2 Å². The van der Waals surface area contributed by atoms with E-state index < -0.39 is 0 Å². The Morgan fingerprint density at radius 3 is 2.48 bits per heavy atom. The molecule has 1 N–H and O–H groups in total. The number of rotatable bonds is 4. The fraction of sp³-hybridized carbons (Fsp3) is 0.125. The molecule has 2 aromatic rings. The lowest BCUT2D eigenvalue weighted by atomic mass is 10.0. The summed E-state index contributed by atoms with van der Waals surface area (Å²) in [6.07, 6.45) is 0. The number of carbonyl (C=O) groups is 2. The monoisotopic (exact) mass is 302 g/mol. The third-order valence-electron chi connectivity index (χ3n) is 2.83. The number of ether oxygens (including phenoxy) is 1. The molecule has 0 aliphatic carbocycles. The largest absolute Gasteiger partial charge is 0.507 e. The molecule has 0 aliphatic rings. The lowest BCUT2D eigenvalue weighted by Crippen LogP contribution is -2.04. The minimum atomic E-state index is -0.351. The van der Waals surface area contributed by atoms with Crippen LogP contribution in [0.15, 0.2) is 47.4 Å². The van der Waals surface area contributed by atoms with Crippen molar-refractivity contribution in [1.82, 2.24) is 0 Å². The SMILES string of the molecule is COc1ccc(O)c(C(=O)c2ccccc2SC(C)=O)c1. The first-order chi connectivity index (χ1) is 10.0. The van der Waals surface area contributed by atoms with Crippen molar-refractivity contribution < 1.29 is 19.4 Å². The van der Waals surface area contributed by atoms with Crippen LogP contribution in [0.2, 0.25) is 0 Å². The van der Waals surface area contributed by atoms with Crippen LogP contribution in [0.5, 0.6) is 11.5 Å². The van der Waals surface area contributed by atoms with Crippen molar-refractivity contribution in [2.75, 3.05) is 7.11 Å². The van der Waals surface area contributed by atoms with E-state index in [1.54, 1.807) is 30.3 Å². The van der Waals surface area contributed by atoms with Gasteiger partial charge in [-0.2, -0.15) is 0 Å². The predicted molar refractivity (Wildman–Crippen MR) is 81.1 cm³/mol. The maximum Gasteiger partial charge on any atom is 0.198 e. The maximum absolute atomic E-state index is 12.6. The highest BCUT2D eigenvalue weighted by atomic mass is 32.2. The van der Waals surface area contributed by atoms with Crippen LogP contribution in [0, 0.1) is 0 Å². The van der Waals surface area contributed by atoms with Crippen LogP contribution in [0.4, 0.5) is 0 Å². The second-order valence-electron chi connectivity index (χ2n) is 4.30. The number of thioether (sulfide) groups is 1. The van der Waals surface area contributed by atoms with Crippen LogP contribution in [-0.4, -0.2) is 23.1 Å². The second kappa shape index (κ2) is 6.45. The third-order valence-corrected chi connectivity index (χ3v) is 3.70. The molecular formula is C16H14O4S. The van der Waals surface area contributed by atoms with Crippen molar-refractivity contribution in [3.05, 3.63) is 53.6 Å². The van der Waals surface area contributed by atoms with Crippen LogP contribution in [0.25, 0.3) is 0 Å². The van der Waals surface area contributed by atoms with E-state index in [0.717, 1.165) is 11.8 Å². The summed E-state index contributed by atoms with van der Waals surface area (Å²) in [5.41, 5.74) is 0.521. The van der Waals surface area contributed by atoms with E-state index in [9.17, 15) is 14.7 Å². The van der Waals surface area contributed by atoms with Gasteiger partial charge in [-0.25, -0.2) is 0 Å². The third kappa shape index (κ3) is 3.44. The molecule has 21 heavy (non-hydrogen) atoms. The van der Waals surface area contributed by atoms with Crippen molar-refractivity contribution in [1.29, 1.82) is 0 Å². The van der Waals surface area contributed by atoms with Gasteiger partial charge in [0.15, 0.2) is 10.9 Å². The van der Waals surface area contributed by atoms with Crippen LogP contribution < -0.4 is 4.74 Å². The summed E-state index contributed by atoms with van der Waals surface area (Å²) in [6, 6.07) is 11.3. The zero-order valence-electron chi connectivity index (χ0n) is 11.6. The summed E-state index contributed by atoms with van der Waals surface area (Å²) in [5.74, 6) is 0.00651. The lowest BCUT2D eigenvalue weighted by Gasteiger charge is -2.09. The number of carbonyl (C=O) groups excluding carboxylic acids is 2. The van der Waals surface area contributed by atoms with Gasteiger partial charge < -0.3 is 9.84 Å². The van der Waals surface area contributed by atoms with Crippen molar-refractivity contribution in [2.45, 2.75) is 11.8 Å². The Hall–Kier alpha value is -2.27. The van der Waals surface area contributed by atoms with Gasteiger partial charge >= 0.3 is 0 Å². The van der Waals surface area contributed by atoms with Crippen molar-refractivity contribution in [3.8, 4) is 11.5 Å². The molecule has 0 radical (unpaired) electrons. The predicted octanol–water partition coefficient (Wildman–Crippen LogP) is 3.27. The standard InChI is InChI=1S/C16H14O4S/c1-10(17)21-15-6-4-3-5-12(15)16(19)13-9-11(20-2)7-8-14(13)18/h3-9,18H,1-2H3. The molecule has 0 bridgehead atoms. The molecule has 0 amide bonds. The molecule has 0 saturated heterocycles. The fourth-order valence-electron chi connectivity index (χ4n) is 1.87. The topological polar surface area (TPSA) is 63.6 Å². The highest BCUT2D eigenvalue weighted by Gasteiger charge is 2.18. The van der Waals surface area contributed by atoms with Gasteiger partial charge in [0.05, 0.1) is 12.7 Å². The van der Waals surface area contributed by atoms with E-state index >= 15 is 0 Å². The highest BCUT2D eigenvalue weighted by molar-refractivity contribution is 8.13. The zero-order valence-corrected chi connectivity index (χ0v) is 12.4. The second-order valence-corrected chi connectivity index (χ2v) is 5.52. The summed E-state index contributed by atoms with van der Waals surface area (Å²) in [7, 11) is 1.49.